The number of methoxy groups -OCH3 is 1. The summed E-state index contributed by atoms with van der Waals surface area (Å²) in [4.78, 5) is 23.4. The van der Waals surface area contributed by atoms with E-state index in [1.807, 2.05) is 13.8 Å². The maximum Gasteiger partial charge on any atom is 0.426 e. The second-order valence-corrected chi connectivity index (χ2v) is 6.14. The van der Waals surface area contributed by atoms with Crippen molar-refractivity contribution in [2.45, 2.75) is 20.5 Å². The molecule has 0 saturated heterocycles. The predicted molar refractivity (Wildman–Crippen MR) is 101 cm³/mol. The number of hydrazine groups is 1. The van der Waals surface area contributed by atoms with Gasteiger partial charge in [-0.25, -0.2) is 10.2 Å². The van der Waals surface area contributed by atoms with Crippen LogP contribution in [0.3, 0.4) is 0 Å². The van der Waals surface area contributed by atoms with E-state index < -0.39 is 12.0 Å². The van der Waals surface area contributed by atoms with Gasteiger partial charge in [0, 0.05) is 5.02 Å². The van der Waals surface area contributed by atoms with Crippen molar-refractivity contribution < 1.29 is 23.8 Å². The minimum atomic E-state index is -0.780. The van der Waals surface area contributed by atoms with Crippen LogP contribution in [-0.4, -0.2) is 25.7 Å². The highest BCUT2D eigenvalue weighted by molar-refractivity contribution is 6.32. The first-order chi connectivity index (χ1) is 12.9. The lowest BCUT2D eigenvalue weighted by Gasteiger charge is -2.11. The van der Waals surface area contributed by atoms with Gasteiger partial charge in [0.05, 0.1) is 7.11 Å². The largest absolute Gasteiger partial charge is 0.497 e. The van der Waals surface area contributed by atoms with Gasteiger partial charge in [-0.15, -0.1) is 0 Å². The van der Waals surface area contributed by atoms with Gasteiger partial charge in [-0.3, -0.25) is 10.2 Å². The zero-order valence-electron chi connectivity index (χ0n) is 15.3. The summed E-state index contributed by atoms with van der Waals surface area (Å²) < 4.78 is 15.4. The lowest BCUT2D eigenvalue weighted by atomic mass is 10.1. The van der Waals surface area contributed by atoms with E-state index in [2.05, 4.69) is 10.9 Å². The second-order valence-electron chi connectivity index (χ2n) is 5.76. The highest BCUT2D eigenvalue weighted by Crippen LogP contribution is 2.25. The molecule has 0 aliphatic rings. The lowest BCUT2D eigenvalue weighted by molar-refractivity contribution is -0.124. The Bertz CT molecular complexity index is 785. The molecule has 0 radical (unpaired) electrons. The minimum absolute atomic E-state index is 0.0610. The predicted octanol–water partition coefficient (Wildman–Crippen LogP) is 3.30. The number of nitrogens with one attached hydrogen (secondary N) is 2. The number of benzene rings is 2. The summed E-state index contributed by atoms with van der Waals surface area (Å²) in [5.41, 5.74) is 6.86. The van der Waals surface area contributed by atoms with E-state index in [9.17, 15) is 9.59 Å². The minimum Gasteiger partial charge on any atom is -0.497 e. The molecule has 0 heterocycles. The van der Waals surface area contributed by atoms with E-state index in [0.29, 0.717) is 16.5 Å². The summed E-state index contributed by atoms with van der Waals surface area (Å²) in [5, 5.41) is 0.660. The molecule has 0 aliphatic carbocycles. The average molecular weight is 393 g/mol. The Morgan fingerprint density at radius 1 is 1.00 bits per heavy atom. The summed E-state index contributed by atoms with van der Waals surface area (Å²) in [6.07, 6.45) is -0.780. The van der Waals surface area contributed by atoms with Gasteiger partial charge in [-0.05, 0) is 54.8 Å². The molecule has 2 amide bonds. The first kappa shape index (κ1) is 20.4. The van der Waals surface area contributed by atoms with Crippen LogP contribution in [0.15, 0.2) is 36.4 Å². The normalized spacial score (nSPS) is 10.1. The second kappa shape index (κ2) is 9.68. The van der Waals surface area contributed by atoms with Crippen molar-refractivity contribution >= 4 is 23.6 Å². The van der Waals surface area contributed by atoms with E-state index in [1.165, 1.54) is 0 Å². The number of hydrogen-bond donors (Lipinski definition) is 2. The van der Waals surface area contributed by atoms with Gasteiger partial charge < -0.3 is 14.2 Å². The molecule has 0 aliphatic heterocycles. The van der Waals surface area contributed by atoms with E-state index in [4.69, 9.17) is 25.8 Å². The fourth-order valence-corrected chi connectivity index (χ4v) is 2.31. The van der Waals surface area contributed by atoms with E-state index in [0.717, 1.165) is 16.7 Å². The number of halogens is 1. The average Bonchev–Trinajstić information content (AvgIpc) is 2.67. The number of carbonyl (C=O) groups excluding carboxylic acids is 2. The van der Waals surface area contributed by atoms with Gasteiger partial charge in [0.1, 0.15) is 18.1 Å². The molecule has 2 rings (SSSR count). The molecular weight excluding hydrogens is 372 g/mol. The van der Waals surface area contributed by atoms with Crippen LogP contribution < -0.4 is 20.3 Å². The first-order valence-corrected chi connectivity index (χ1v) is 8.51. The zero-order valence-corrected chi connectivity index (χ0v) is 16.1. The molecule has 0 atom stereocenters. The van der Waals surface area contributed by atoms with E-state index >= 15 is 0 Å². The van der Waals surface area contributed by atoms with Crippen LogP contribution in [0.5, 0.6) is 11.5 Å². The Kier molecular flexibility index (Phi) is 7.31. The molecule has 0 unspecified atom stereocenters. The summed E-state index contributed by atoms with van der Waals surface area (Å²) in [5.74, 6) is 0.704. The number of ether oxygens (including phenoxy) is 3. The summed E-state index contributed by atoms with van der Waals surface area (Å²) in [6.45, 7) is 3.50. The first-order valence-electron chi connectivity index (χ1n) is 8.13. The molecule has 0 spiro atoms. The third kappa shape index (κ3) is 6.38. The number of rotatable bonds is 6. The zero-order chi connectivity index (χ0) is 19.8. The fraction of sp³-hybridized carbons (Fsp3) is 0.263. The van der Waals surface area contributed by atoms with Crippen molar-refractivity contribution in [2.24, 2.45) is 0 Å². The van der Waals surface area contributed by atoms with Crippen LogP contribution in [0, 0.1) is 13.8 Å². The Labute approximate surface area is 162 Å². The maximum absolute atomic E-state index is 11.8. The lowest BCUT2D eigenvalue weighted by Crippen LogP contribution is -2.44. The Hall–Kier alpha value is -2.93. The molecule has 144 valence electrons. The smallest absolute Gasteiger partial charge is 0.426 e. The van der Waals surface area contributed by atoms with Crippen LogP contribution >= 0.6 is 11.6 Å². The van der Waals surface area contributed by atoms with Crippen LogP contribution in [-0.2, 0) is 16.1 Å². The maximum atomic E-state index is 11.8. The van der Waals surface area contributed by atoms with Crippen molar-refractivity contribution in [1.29, 1.82) is 0 Å². The van der Waals surface area contributed by atoms with Crippen molar-refractivity contribution in [3.63, 3.8) is 0 Å². The van der Waals surface area contributed by atoms with Crippen molar-refractivity contribution in [3.8, 4) is 11.5 Å². The highest BCUT2D eigenvalue weighted by atomic mass is 35.5. The summed E-state index contributed by atoms with van der Waals surface area (Å²) in [7, 11) is 1.57. The molecule has 2 aromatic rings. The van der Waals surface area contributed by atoms with Gasteiger partial charge >= 0.3 is 6.09 Å². The Morgan fingerprint density at radius 2 is 1.63 bits per heavy atom. The monoisotopic (exact) mass is 392 g/mol. The molecule has 0 bridgehead atoms. The topological polar surface area (TPSA) is 85.9 Å². The molecule has 0 fully saturated rings. The van der Waals surface area contributed by atoms with Gasteiger partial charge in [0.2, 0.25) is 0 Å². The standard InChI is InChI=1S/C19H21ClN2O5/c1-12-8-16(9-13(2)18(12)20)26-11-17(23)21-22-19(24)27-10-14-4-6-15(25-3)7-5-14/h4-9H,10-11H2,1-3H3,(H,21,23)(H,22,24). The summed E-state index contributed by atoms with van der Waals surface area (Å²) >= 11 is 6.08. The number of carbonyl (C=O) groups is 2. The molecular formula is C19H21ClN2O5. The van der Waals surface area contributed by atoms with Crippen molar-refractivity contribution in [3.05, 3.63) is 58.1 Å². The molecule has 2 aromatic carbocycles. The molecule has 2 N–H and O–H groups in total. The van der Waals surface area contributed by atoms with Crippen molar-refractivity contribution in [1.82, 2.24) is 10.9 Å². The van der Waals surface area contributed by atoms with Gasteiger partial charge in [0.15, 0.2) is 6.61 Å². The van der Waals surface area contributed by atoms with Crippen LogP contribution in [0.4, 0.5) is 4.79 Å². The number of hydrogen-bond acceptors (Lipinski definition) is 5. The van der Waals surface area contributed by atoms with E-state index in [-0.39, 0.29) is 13.2 Å². The molecule has 8 heteroatoms. The van der Waals surface area contributed by atoms with Crippen LogP contribution in [0.25, 0.3) is 0 Å². The number of aryl methyl sites for hydroxylation is 2. The fourth-order valence-electron chi connectivity index (χ4n) is 2.20. The Morgan fingerprint density at radius 3 is 2.22 bits per heavy atom. The van der Waals surface area contributed by atoms with Crippen LogP contribution in [0.1, 0.15) is 16.7 Å². The Balaban J connectivity index is 1.70. The van der Waals surface area contributed by atoms with Gasteiger partial charge in [-0.1, -0.05) is 23.7 Å². The molecule has 0 aromatic heterocycles. The summed E-state index contributed by atoms with van der Waals surface area (Å²) in [6, 6.07) is 10.5. The quantitative estimate of drug-likeness (QED) is 0.736. The van der Waals surface area contributed by atoms with Crippen LogP contribution in [0.2, 0.25) is 5.02 Å². The molecule has 7 nitrogen and oxygen atoms in total. The van der Waals surface area contributed by atoms with E-state index in [1.54, 1.807) is 43.5 Å². The number of amides is 2. The SMILES string of the molecule is COc1ccc(COC(=O)NNC(=O)COc2cc(C)c(Cl)c(C)c2)cc1. The highest BCUT2D eigenvalue weighted by Gasteiger charge is 2.08. The third-order valence-electron chi connectivity index (χ3n) is 3.61. The molecule has 27 heavy (non-hydrogen) atoms. The third-order valence-corrected chi connectivity index (χ3v) is 4.21. The van der Waals surface area contributed by atoms with Gasteiger partial charge in [0.25, 0.3) is 5.91 Å². The molecule has 0 saturated carbocycles. The van der Waals surface area contributed by atoms with Gasteiger partial charge in [-0.2, -0.15) is 0 Å². The van der Waals surface area contributed by atoms with Crippen molar-refractivity contribution in [2.75, 3.05) is 13.7 Å².